The summed E-state index contributed by atoms with van der Waals surface area (Å²) in [6, 6.07) is 10.4. The molecule has 68 valence electrons. The van der Waals surface area contributed by atoms with Crippen molar-refractivity contribution in [3.8, 4) is 0 Å². The molecule has 0 fully saturated rings. The van der Waals surface area contributed by atoms with Crippen molar-refractivity contribution >= 4 is 21.8 Å². The van der Waals surface area contributed by atoms with Crippen LogP contribution in [-0.2, 0) is 7.05 Å². The van der Waals surface area contributed by atoms with Gasteiger partial charge in [0.15, 0.2) is 0 Å². The molecule has 0 amide bonds. The number of hydrogen-bond donors (Lipinski definition) is 0. The first kappa shape index (κ1) is 7.56. The summed E-state index contributed by atoms with van der Waals surface area (Å²) in [6.45, 7) is 0. The highest BCUT2D eigenvalue weighted by atomic mass is 14.9. The molecule has 0 aliphatic heterocycles. The van der Waals surface area contributed by atoms with E-state index in [1.807, 2.05) is 25.4 Å². The summed E-state index contributed by atoms with van der Waals surface area (Å²) >= 11 is 0. The van der Waals surface area contributed by atoms with E-state index in [0.717, 1.165) is 5.52 Å². The maximum absolute atomic E-state index is 4.42. The largest absolute Gasteiger partial charge is 0.349 e. The molecule has 2 nitrogen and oxygen atoms in total. The molecule has 0 bridgehead atoms. The van der Waals surface area contributed by atoms with Crippen LogP contribution in [0.1, 0.15) is 0 Å². The van der Waals surface area contributed by atoms with E-state index in [4.69, 9.17) is 0 Å². The van der Waals surface area contributed by atoms with Gasteiger partial charge in [0.2, 0.25) is 0 Å². The predicted molar refractivity (Wildman–Crippen MR) is 58.2 cm³/mol. The summed E-state index contributed by atoms with van der Waals surface area (Å²) in [5, 5.41) is 2.50. The molecule has 0 saturated carbocycles. The third-order valence-electron chi connectivity index (χ3n) is 2.64. The number of hydrogen-bond acceptors (Lipinski definition) is 1. The summed E-state index contributed by atoms with van der Waals surface area (Å²) < 4.78 is 2.09. The van der Waals surface area contributed by atoms with Crippen LogP contribution in [0.4, 0.5) is 0 Å². The van der Waals surface area contributed by atoms with Crippen LogP contribution in [0.2, 0.25) is 0 Å². The zero-order valence-electron chi connectivity index (χ0n) is 7.94. The average molecular weight is 182 g/mol. The summed E-state index contributed by atoms with van der Waals surface area (Å²) in [4.78, 5) is 4.42. The molecule has 2 heterocycles. The quantitative estimate of drug-likeness (QED) is 0.522. The van der Waals surface area contributed by atoms with Gasteiger partial charge in [0.25, 0.3) is 0 Å². The molecule has 2 heteroatoms. The zero-order valence-corrected chi connectivity index (χ0v) is 7.94. The summed E-state index contributed by atoms with van der Waals surface area (Å²) in [5.41, 5.74) is 2.25. The number of aromatic nitrogens is 2. The van der Waals surface area contributed by atoms with Crippen molar-refractivity contribution in [1.29, 1.82) is 0 Å². The minimum Gasteiger partial charge on any atom is -0.349 e. The third kappa shape index (κ3) is 0.880. The Balaban J connectivity index is 2.61. The number of aryl methyl sites for hydroxylation is 1. The predicted octanol–water partition coefficient (Wildman–Crippen LogP) is 2.73. The maximum atomic E-state index is 4.42. The lowest BCUT2D eigenvalue weighted by Gasteiger charge is -1.99. The van der Waals surface area contributed by atoms with E-state index >= 15 is 0 Å². The molecule has 3 rings (SSSR count). The molecular weight excluding hydrogens is 172 g/mol. The second-order valence-electron chi connectivity index (χ2n) is 3.50. The number of pyridine rings is 1. The van der Waals surface area contributed by atoms with Gasteiger partial charge >= 0.3 is 0 Å². The smallest absolute Gasteiger partial charge is 0.0709 e. The first-order chi connectivity index (χ1) is 6.86. The van der Waals surface area contributed by atoms with Crippen molar-refractivity contribution in [3.05, 3.63) is 42.7 Å². The van der Waals surface area contributed by atoms with Gasteiger partial charge in [-0.3, -0.25) is 4.98 Å². The number of para-hydroxylation sites is 1. The summed E-state index contributed by atoms with van der Waals surface area (Å²) in [5.74, 6) is 0. The average Bonchev–Trinajstić information content (AvgIpc) is 2.61. The maximum Gasteiger partial charge on any atom is 0.0709 e. The normalized spacial score (nSPS) is 11.2. The van der Waals surface area contributed by atoms with Crippen molar-refractivity contribution < 1.29 is 0 Å². The first-order valence-corrected chi connectivity index (χ1v) is 4.65. The zero-order chi connectivity index (χ0) is 9.54. The number of fused-ring (bicyclic) bond motifs is 3. The Morgan fingerprint density at radius 2 is 1.93 bits per heavy atom. The van der Waals surface area contributed by atoms with E-state index in [1.165, 1.54) is 16.3 Å². The number of nitrogens with zero attached hydrogens (tertiary/aromatic N) is 2. The molecular formula is C12H10N2. The molecule has 0 saturated heterocycles. The summed E-state index contributed by atoms with van der Waals surface area (Å²) in [6.07, 6.45) is 4.00. The standard InChI is InChI=1S/C12H10N2/c1-14-7-6-10-9-4-2-3-5-11(9)13-8-12(10)14/h2-8H,1H3. The van der Waals surface area contributed by atoms with Crippen molar-refractivity contribution in [2.75, 3.05) is 0 Å². The Kier molecular flexibility index (Phi) is 1.39. The Morgan fingerprint density at radius 1 is 1.07 bits per heavy atom. The van der Waals surface area contributed by atoms with Crippen LogP contribution >= 0.6 is 0 Å². The minimum absolute atomic E-state index is 1.06. The van der Waals surface area contributed by atoms with Crippen molar-refractivity contribution in [1.82, 2.24) is 9.55 Å². The molecule has 14 heavy (non-hydrogen) atoms. The molecule has 0 aliphatic carbocycles. The minimum atomic E-state index is 1.06. The van der Waals surface area contributed by atoms with Crippen LogP contribution in [-0.4, -0.2) is 9.55 Å². The van der Waals surface area contributed by atoms with Crippen LogP contribution in [0.15, 0.2) is 42.7 Å². The van der Waals surface area contributed by atoms with E-state index in [-0.39, 0.29) is 0 Å². The Hall–Kier alpha value is -1.83. The van der Waals surface area contributed by atoms with Crippen LogP contribution in [0.3, 0.4) is 0 Å². The SMILES string of the molecule is Cn1ccc2c3ccccc3ncc21. The van der Waals surface area contributed by atoms with Crippen molar-refractivity contribution in [3.63, 3.8) is 0 Å². The third-order valence-corrected chi connectivity index (χ3v) is 2.64. The van der Waals surface area contributed by atoms with E-state index in [1.54, 1.807) is 0 Å². The fourth-order valence-corrected chi connectivity index (χ4v) is 1.88. The van der Waals surface area contributed by atoms with Gasteiger partial charge in [0.05, 0.1) is 17.2 Å². The highest BCUT2D eigenvalue weighted by Gasteiger charge is 2.02. The molecule has 3 aromatic rings. The number of rotatable bonds is 0. The molecule has 0 radical (unpaired) electrons. The second kappa shape index (κ2) is 2.58. The Labute approximate surface area is 81.8 Å². The Bertz CT molecular complexity index is 608. The molecule has 1 aromatic carbocycles. The van der Waals surface area contributed by atoms with Crippen LogP contribution in [0.5, 0.6) is 0 Å². The lowest BCUT2D eigenvalue weighted by Crippen LogP contribution is -1.85. The van der Waals surface area contributed by atoms with E-state index in [0.29, 0.717) is 0 Å². The molecule has 0 spiro atoms. The first-order valence-electron chi connectivity index (χ1n) is 4.65. The van der Waals surface area contributed by atoms with Gasteiger partial charge in [0, 0.05) is 24.0 Å². The molecule has 0 atom stereocenters. The second-order valence-corrected chi connectivity index (χ2v) is 3.50. The van der Waals surface area contributed by atoms with Crippen LogP contribution in [0.25, 0.3) is 21.8 Å². The molecule has 0 N–H and O–H groups in total. The number of benzene rings is 1. The highest BCUT2D eigenvalue weighted by molar-refractivity contribution is 6.04. The van der Waals surface area contributed by atoms with Gasteiger partial charge in [-0.1, -0.05) is 18.2 Å². The van der Waals surface area contributed by atoms with E-state index in [2.05, 4.69) is 33.9 Å². The van der Waals surface area contributed by atoms with Crippen LogP contribution < -0.4 is 0 Å². The lowest BCUT2D eigenvalue weighted by atomic mass is 10.1. The van der Waals surface area contributed by atoms with Gasteiger partial charge < -0.3 is 4.57 Å². The topological polar surface area (TPSA) is 17.8 Å². The van der Waals surface area contributed by atoms with E-state index < -0.39 is 0 Å². The van der Waals surface area contributed by atoms with E-state index in [9.17, 15) is 0 Å². The van der Waals surface area contributed by atoms with Gasteiger partial charge in [-0.25, -0.2) is 0 Å². The fraction of sp³-hybridized carbons (Fsp3) is 0.0833. The monoisotopic (exact) mass is 182 g/mol. The molecule has 0 unspecified atom stereocenters. The highest BCUT2D eigenvalue weighted by Crippen LogP contribution is 2.23. The van der Waals surface area contributed by atoms with Crippen LogP contribution in [0, 0.1) is 0 Å². The van der Waals surface area contributed by atoms with Crippen molar-refractivity contribution in [2.45, 2.75) is 0 Å². The Morgan fingerprint density at radius 3 is 2.86 bits per heavy atom. The lowest BCUT2D eigenvalue weighted by molar-refractivity contribution is 0.966. The van der Waals surface area contributed by atoms with Gasteiger partial charge in [-0.15, -0.1) is 0 Å². The van der Waals surface area contributed by atoms with Gasteiger partial charge in [0.1, 0.15) is 0 Å². The fourth-order valence-electron chi connectivity index (χ4n) is 1.88. The van der Waals surface area contributed by atoms with Crippen molar-refractivity contribution in [2.24, 2.45) is 7.05 Å². The molecule has 2 aromatic heterocycles. The van der Waals surface area contributed by atoms with Gasteiger partial charge in [-0.2, -0.15) is 0 Å². The summed E-state index contributed by atoms with van der Waals surface area (Å²) in [7, 11) is 2.04. The molecule has 0 aliphatic rings. The van der Waals surface area contributed by atoms with Gasteiger partial charge in [-0.05, 0) is 12.1 Å².